The van der Waals surface area contributed by atoms with E-state index in [1.165, 1.54) is 0 Å². The highest BCUT2D eigenvalue weighted by molar-refractivity contribution is 5.88. The predicted molar refractivity (Wildman–Crippen MR) is 256 cm³/mol. The molecule has 312 valence electrons. The standard InChI is InChI=1S/C57H41N5O3/c1-2-14-51(52-27-22-45(57-61-31-10-32-62-57)37-56(52)65-49-12-9-11-44(36-49)55-17-5-8-30-60-55)50(13-1)46-34-40(38-63-47-23-18-42(19-24-47)53-15-3-6-28-58-53)33-41(35-46)39-64-48-25-20-43(21-26-48)54-16-4-7-29-59-54/h1-37H,38-39H2. The van der Waals surface area contributed by atoms with Crippen LogP contribution in [-0.2, 0) is 13.2 Å². The van der Waals surface area contributed by atoms with Crippen molar-refractivity contribution >= 4 is 0 Å². The summed E-state index contributed by atoms with van der Waals surface area (Å²) in [5.41, 5.74) is 12.4. The highest BCUT2D eigenvalue weighted by Gasteiger charge is 2.17. The largest absolute Gasteiger partial charge is 0.489 e. The maximum Gasteiger partial charge on any atom is 0.159 e. The first kappa shape index (κ1) is 40.3. The zero-order valence-electron chi connectivity index (χ0n) is 35.2. The molecule has 4 aromatic heterocycles. The molecule has 0 unspecified atom stereocenters. The van der Waals surface area contributed by atoms with Crippen LogP contribution in [0.15, 0.2) is 225 Å². The van der Waals surface area contributed by atoms with E-state index in [0.717, 1.165) is 84.2 Å². The Labute approximate surface area is 377 Å². The second-order valence-corrected chi connectivity index (χ2v) is 15.3. The Morgan fingerprint density at radius 1 is 0.308 bits per heavy atom. The van der Waals surface area contributed by atoms with E-state index in [-0.39, 0.29) is 0 Å². The molecule has 6 aromatic carbocycles. The van der Waals surface area contributed by atoms with Crippen LogP contribution in [0.1, 0.15) is 11.1 Å². The lowest BCUT2D eigenvalue weighted by molar-refractivity contribution is 0.300. The summed E-state index contributed by atoms with van der Waals surface area (Å²) < 4.78 is 19.7. The summed E-state index contributed by atoms with van der Waals surface area (Å²) >= 11 is 0. The highest BCUT2D eigenvalue weighted by Crippen LogP contribution is 2.42. The van der Waals surface area contributed by atoms with E-state index in [1.54, 1.807) is 31.0 Å². The molecule has 0 fully saturated rings. The molecule has 0 radical (unpaired) electrons. The van der Waals surface area contributed by atoms with Crippen LogP contribution in [-0.4, -0.2) is 24.9 Å². The van der Waals surface area contributed by atoms with Gasteiger partial charge in [0.15, 0.2) is 5.82 Å². The first-order valence-electron chi connectivity index (χ1n) is 21.3. The lowest BCUT2D eigenvalue weighted by Gasteiger charge is -2.18. The average Bonchev–Trinajstić information content (AvgIpc) is 3.39. The molecular formula is C57H41N5O3. The van der Waals surface area contributed by atoms with Crippen LogP contribution < -0.4 is 14.2 Å². The van der Waals surface area contributed by atoms with Gasteiger partial charge in [-0.1, -0.05) is 60.7 Å². The topological polar surface area (TPSA) is 92.1 Å². The predicted octanol–water partition coefficient (Wildman–Crippen LogP) is 13.6. The Morgan fingerprint density at radius 3 is 1.40 bits per heavy atom. The number of pyridine rings is 3. The van der Waals surface area contributed by atoms with Crippen molar-refractivity contribution in [2.45, 2.75) is 13.2 Å². The molecule has 0 bridgehead atoms. The third-order valence-corrected chi connectivity index (χ3v) is 10.8. The van der Waals surface area contributed by atoms with Gasteiger partial charge in [0.1, 0.15) is 36.2 Å². The second-order valence-electron chi connectivity index (χ2n) is 15.3. The smallest absolute Gasteiger partial charge is 0.159 e. The maximum atomic E-state index is 6.84. The molecule has 0 aliphatic heterocycles. The van der Waals surface area contributed by atoms with E-state index < -0.39 is 0 Å². The summed E-state index contributed by atoms with van der Waals surface area (Å²) in [6, 6.07) is 64.6. The van der Waals surface area contributed by atoms with Gasteiger partial charge in [-0.3, -0.25) is 15.0 Å². The molecule has 0 N–H and O–H groups in total. The van der Waals surface area contributed by atoms with Gasteiger partial charge in [-0.15, -0.1) is 0 Å². The first-order chi connectivity index (χ1) is 32.2. The number of nitrogens with zero attached hydrogens (tertiary/aromatic N) is 5. The van der Waals surface area contributed by atoms with Gasteiger partial charge in [0.05, 0.1) is 17.1 Å². The van der Waals surface area contributed by atoms with Gasteiger partial charge in [-0.2, -0.15) is 0 Å². The number of hydrogen-bond acceptors (Lipinski definition) is 8. The number of benzene rings is 6. The summed E-state index contributed by atoms with van der Waals surface area (Å²) in [6.07, 6.45) is 8.88. The summed E-state index contributed by atoms with van der Waals surface area (Å²) in [7, 11) is 0. The van der Waals surface area contributed by atoms with Gasteiger partial charge < -0.3 is 14.2 Å². The van der Waals surface area contributed by atoms with Crippen molar-refractivity contribution in [2.24, 2.45) is 0 Å². The molecule has 0 atom stereocenters. The second kappa shape index (κ2) is 19.1. The van der Waals surface area contributed by atoms with Crippen molar-refractivity contribution in [3.05, 3.63) is 236 Å². The molecule has 10 rings (SSSR count). The van der Waals surface area contributed by atoms with Crippen molar-refractivity contribution in [1.82, 2.24) is 24.9 Å². The average molecular weight is 844 g/mol. The van der Waals surface area contributed by atoms with Crippen molar-refractivity contribution in [3.8, 4) is 90.4 Å². The van der Waals surface area contributed by atoms with E-state index >= 15 is 0 Å². The monoisotopic (exact) mass is 843 g/mol. The molecule has 0 amide bonds. The third kappa shape index (κ3) is 9.68. The van der Waals surface area contributed by atoms with Gasteiger partial charge in [0.25, 0.3) is 0 Å². The van der Waals surface area contributed by atoms with Gasteiger partial charge in [0, 0.05) is 58.8 Å². The molecule has 10 aromatic rings. The number of hydrogen-bond donors (Lipinski definition) is 0. The number of ether oxygens (including phenoxy) is 3. The van der Waals surface area contributed by atoms with Crippen LogP contribution in [0.25, 0.3) is 67.4 Å². The third-order valence-electron chi connectivity index (χ3n) is 10.8. The van der Waals surface area contributed by atoms with Crippen molar-refractivity contribution in [3.63, 3.8) is 0 Å². The van der Waals surface area contributed by atoms with Gasteiger partial charge in [-0.05, 0) is 161 Å². The molecule has 0 spiro atoms. The van der Waals surface area contributed by atoms with Crippen LogP contribution in [0, 0.1) is 0 Å². The lowest BCUT2D eigenvalue weighted by Crippen LogP contribution is -2.01. The fraction of sp³-hybridized carbons (Fsp3) is 0.0351. The SMILES string of the molecule is c1ccc(-c2ccc(OCc3cc(COc4ccc(-c5ccccn5)cc4)cc(-c4ccccc4-c4ccc(-c5ncccn5)cc4Oc4cccc(-c5ccccn5)c4)c3)cc2)nc1. The quantitative estimate of drug-likeness (QED) is 0.107. The van der Waals surface area contributed by atoms with E-state index in [1.807, 2.05) is 146 Å². The fourth-order valence-corrected chi connectivity index (χ4v) is 7.69. The molecule has 65 heavy (non-hydrogen) atoms. The minimum absolute atomic E-state index is 0.345. The van der Waals surface area contributed by atoms with Crippen molar-refractivity contribution < 1.29 is 14.2 Å². The van der Waals surface area contributed by atoms with Crippen LogP contribution in [0.3, 0.4) is 0 Å². The normalized spacial score (nSPS) is 10.9. The molecule has 8 heteroatoms. The summed E-state index contributed by atoms with van der Waals surface area (Å²) in [4.78, 5) is 22.7. The Morgan fingerprint density at radius 2 is 0.831 bits per heavy atom. The zero-order chi connectivity index (χ0) is 43.6. The molecular weight excluding hydrogens is 803 g/mol. The zero-order valence-corrected chi connectivity index (χ0v) is 35.2. The minimum atomic E-state index is 0.345. The Kier molecular flexibility index (Phi) is 11.9. The molecule has 0 saturated heterocycles. The Bertz CT molecular complexity index is 3050. The van der Waals surface area contributed by atoms with E-state index in [4.69, 9.17) is 14.2 Å². The molecule has 0 aliphatic carbocycles. The van der Waals surface area contributed by atoms with E-state index in [9.17, 15) is 0 Å². The van der Waals surface area contributed by atoms with Crippen LogP contribution in [0.5, 0.6) is 23.0 Å². The van der Waals surface area contributed by atoms with Crippen molar-refractivity contribution in [2.75, 3.05) is 0 Å². The minimum Gasteiger partial charge on any atom is -0.489 e. The Balaban J connectivity index is 1.00. The summed E-state index contributed by atoms with van der Waals surface area (Å²) in [6.45, 7) is 0.689. The van der Waals surface area contributed by atoms with Gasteiger partial charge in [-0.25, -0.2) is 9.97 Å². The first-order valence-corrected chi connectivity index (χ1v) is 21.3. The molecule has 4 heterocycles. The van der Waals surface area contributed by atoms with Crippen LogP contribution in [0.4, 0.5) is 0 Å². The number of aromatic nitrogens is 5. The van der Waals surface area contributed by atoms with Crippen LogP contribution in [0.2, 0.25) is 0 Å². The van der Waals surface area contributed by atoms with Gasteiger partial charge in [0.2, 0.25) is 0 Å². The molecule has 8 nitrogen and oxygen atoms in total. The lowest BCUT2D eigenvalue weighted by atomic mass is 9.91. The van der Waals surface area contributed by atoms with Crippen molar-refractivity contribution in [1.29, 1.82) is 0 Å². The molecule has 0 saturated carbocycles. The van der Waals surface area contributed by atoms with Gasteiger partial charge >= 0.3 is 0 Å². The van der Waals surface area contributed by atoms with E-state index in [2.05, 4.69) is 73.5 Å². The van der Waals surface area contributed by atoms with E-state index in [0.29, 0.717) is 30.5 Å². The fourth-order valence-electron chi connectivity index (χ4n) is 7.69. The number of rotatable bonds is 14. The maximum absolute atomic E-state index is 6.84. The Hall–Kier alpha value is -8.75. The van der Waals surface area contributed by atoms with Crippen LogP contribution >= 0.6 is 0 Å². The highest BCUT2D eigenvalue weighted by atomic mass is 16.5. The summed E-state index contributed by atoms with van der Waals surface area (Å²) in [5, 5.41) is 0. The molecule has 0 aliphatic rings. The summed E-state index contributed by atoms with van der Waals surface area (Å²) in [5.74, 6) is 3.47.